The van der Waals surface area contributed by atoms with Crippen LogP contribution < -0.4 is 0 Å². The minimum atomic E-state index is 0.515. The van der Waals surface area contributed by atoms with Gasteiger partial charge in [0.05, 0.1) is 16.6 Å². The van der Waals surface area contributed by atoms with E-state index in [0.29, 0.717) is 17.5 Å². The molecule has 13 aromatic rings. The number of hydrogen-bond acceptors (Lipinski definition) is 5. The molecule has 0 bridgehead atoms. The Morgan fingerprint density at radius 2 is 0.885 bits per heavy atom. The van der Waals surface area contributed by atoms with E-state index in [0.717, 1.165) is 105 Å². The quantitative estimate of drug-likeness (QED) is 0.174. The topological polar surface area (TPSA) is 69.9 Å². The third-order valence-corrected chi connectivity index (χ3v) is 12.1. The molecule has 0 aliphatic carbocycles. The monoisotopic (exact) mass is 780 g/mol. The van der Waals surface area contributed by atoms with E-state index in [-0.39, 0.29) is 0 Å². The van der Waals surface area contributed by atoms with E-state index in [9.17, 15) is 0 Å². The van der Waals surface area contributed by atoms with Crippen LogP contribution >= 0.6 is 0 Å². The Morgan fingerprint density at radius 1 is 0.328 bits per heavy atom. The summed E-state index contributed by atoms with van der Waals surface area (Å²) in [7, 11) is 0. The van der Waals surface area contributed by atoms with Crippen molar-refractivity contribution in [2.24, 2.45) is 0 Å². The minimum Gasteiger partial charge on any atom is -0.455 e. The molecule has 0 fully saturated rings. The van der Waals surface area contributed by atoms with Crippen LogP contribution in [0.4, 0.5) is 0 Å². The van der Waals surface area contributed by atoms with Crippen molar-refractivity contribution in [1.82, 2.24) is 19.5 Å². The molecule has 0 radical (unpaired) electrons. The van der Waals surface area contributed by atoms with E-state index < -0.39 is 0 Å². The molecular weight excluding hydrogens is 749 g/mol. The van der Waals surface area contributed by atoms with Crippen LogP contribution in [0.2, 0.25) is 0 Å². The second-order valence-corrected chi connectivity index (χ2v) is 15.5. The van der Waals surface area contributed by atoms with Crippen LogP contribution in [-0.2, 0) is 0 Å². The van der Waals surface area contributed by atoms with E-state index in [1.807, 2.05) is 48.5 Å². The maximum atomic E-state index is 6.92. The van der Waals surface area contributed by atoms with Crippen LogP contribution in [0.15, 0.2) is 203 Å². The number of rotatable bonds is 5. The van der Waals surface area contributed by atoms with Crippen molar-refractivity contribution in [3.05, 3.63) is 194 Å². The molecule has 9 aromatic carbocycles. The van der Waals surface area contributed by atoms with E-state index in [4.69, 9.17) is 23.8 Å². The maximum absolute atomic E-state index is 6.92. The standard InChI is InChI=1S/C55H32N4O2/c1-2-13-33(14-3-1)34-25-27-35(28-26-34)53-56-54(58-55(57-53)44-21-12-20-41-39-18-7-10-23-48(39)60-51(41)44)43-30-29-42-40-19-8-11-24-49(40)61-52(42)50(43)59-46-22-9-6-17-38(46)45-31-36-15-4-5-16-37(36)32-47(45)59/h1-32H. The number of para-hydroxylation sites is 4. The zero-order valence-corrected chi connectivity index (χ0v) is 32.6. The third-order valence-electron chi connectivity index (χ3n) is 12.1. The Kier molecular flexibility index (Phi) is 7.21. The number of aromatic nitrogens is 4. The molecule has 0 aliphatic heterocycles. The number of furan rings is 2. The average molecular weight is 781 g/mol. The fourth-order valence-corrected chi connectivity index (χ4v) is 9.18. The van der Waals surface area contributed by atoms with Gasteiger partial charge in [0.15, 0.2) is 23.1 Å². The molecule has 6 nitrogen and oxygen atoms in total. The fraction of sp³-hybridized carbons (Fsp3) is 0. The van der Waals surface area contributed by atoms with Gasteiger partial charge < -0.3 is 13.4 Å². The molecule has 0 saturated carbocycles. The molecule has 61 heavy (non-hydrogen) atoms. The summed E-state index contributed by atoms with van der Waals surface area (Å²) in [6, 6.07) is 67.4. The number of benzene rings is 9. The van der Waals surface area contributed by atoms with Gasteiger partial charge in [0, 0.05) is 43.4 Å². The molecular formula is C55H32N4O2. The summed E-state index contributed by atoms with van der Waals surface area (Å²) in [4.78, 5) is 16.0. The van der Waals surface area contributed by atoms with Crippen molar-refractivity contribution in [2.75, 3.05) is 0 Å². The Labute approximate surface area is 348 Å². The van der Waals surface area contributed by atoms with Crippen molar-refractivity contribution in [2.45, 2.75) is 0 Å². The van der Waals surface area contributed by atoms with Gasteiger partial charge in [-0.2, -0.15) is 0 Å². The SMILES string of the molecule is c1ccc(-c2ccc(-c3nc(-c4ccc5c(oc6ccccc65)c4-n4c5ccccc5c5cc6ccccc6cc54)nc(-c4cccc5c4oc4ccccc45)n3)cc2)cc1. The maximum Gasteiger partial charge on any atom is 0.167 e. The normalized spacial score (nSPS) is 11.9. The minimum absolute atomic E-state index is 0.515. The zero-order valence-electron chi connectivity index (χ0n) is 32.6. The van der Waals surface area contributed by atoms with Gasteiger partial charge in [0.2, 0.25) is 0 Å². The highest BCUT2D eigenvalue weighted by Crippen LogP contribution is 2.44. The lowest BCUT2D eigenvalue weighted by Crippen LogP contribution is -2.04. The lowest BCUT2D eigenvalue weighted by molar-refractivity contribution is 0.666. The average Bonchev–Trinajstić information content (AvgIpc) is 4.00. The van der Waals surface area contributed by atoms with Gasteiger partial charge >= 0.3 is 0 Å². The van der Waals surface area contributed by atoms with Crippen LogP contribution in [0, 0.1) is 0 Å². The Hall–Kier alpha value is -8.35. The highest BCUT2D eigenvalue weighted by molar-refractivity contribution is 6.17. The molecule has 13 rings (SSSR count). The second-order valence-electron chi connectivity index (χ2n) is 15.5. The second kappa shape index (κ2) is 13.1. The van der Waals surface area contributed by atoms with Gasteiger partial charge in [-0.05, 0) is 70.4 Å². The summed E-state index contributed by atoms with van der Waals surface area (Å²) in [5.74, 6) is 1.58. The summed E-state index contributed by atoms with van der Waals surface area (Å²) < 4.78 is 15.8. The van der Waals surface area contributed by atoms with E-state index in [1.165, 1.54) is 5.39 Å². The van der Waals surface area contributed by atoms with Gasteiger partial charge in [-0.3, -0.25) is 0 Å². The number of nitrogens with zero attached hydrogens (tertiary/aromatic N) is 4. The van der Waals surface area contributed by atoms with Crippen molar-refractivity contribution < 1.29 is 8.83 Å². The van der Waals surface area contributed by atoms with Crippen LogP contribution in [0.5, 0.6) is 0 Å². The molecule has 0 saturated heterocycles. The van der Waals surface area contributed by atoms with E-state index >= 15 is 0 Å². The lowest BCUT2D eigenvalue weighted by atomic mass is 10.0. The van der Waals surface area contributed by atoms with Gasteiger partial charge in [-0.1, -0.05) is 146 Å². The predicted octanol–water partition coefficient (Wildman–Crippen LogP) is 14.6. The summed E-state index contributed by atoms with van der Waals surface area (Å²) in [5, 5.41) is 8.75. The summed E-state index contributed by atoms with van der Waals surface area (Å²) >= 11 is 0. The molecule has 284 valence electrons. The van der Waals surface area contributed by atoms with Gasteiger partial charge in [0.1, 0.15) is 22.4 Å². The summed E-state index contributed by atoms with van der Waals surface area (Å²) in [6.07, 6.45) is 0. The molecule has 4 aromatic heterocycles. The largest absolute Gasteiger partial charge is 0.455 e. The smallest absolute Gasteiger partial charge is 0.167 e. The Bertz CT molecular complexity index is 3880. The first-order valence-corrected chi connectivity index (χ1v) is 20.4. The molecule has 0 aliphatic rings. The molecule has 0 amide bonds. The van der Waals surface area contributed by atoms with Crippen molar-refractivity contribution in [3.8, 4) is 51.0 Å². The van der Waals surface area contributed by atoms with Gasteiger partial charge in [-0.15, -0.1) is 0 Å². The van der Waals surface area contributed by atoms with Crippen molar-refractivity contribution in [3.63, 3.8) is 0 Å². The van der Waals surface area contributed by atoms with Crippen molar-refractivity contribution >= 4 is 76.5 Å². The first kappa shape index (κ1) is 33.6. The highest BCUT2D eigenvalue weighted by atomic mass is 16.3. The molecule has 0 atom stereocenters. The van der Waals surface area contributed by atoms with Crippen LogP contribution in [0.1, 0.15) is 0 Å². The molecule has 0 N–H and O–H groups in total. The zero-order chi connectivity index (χ0) is 40.0. The highest BCUT2D eigenvalue weighted by Gasteiger charge is 2.25. The van der Waals surface area contributed by atoms with Gasteiger partial charge in [-0.25, -0.2) is 15.0 Å². The first-order chi connectivity index (χ1) is 30.2. The predicted molar refractivity (Wildman–Crippen MR) is 248 cm³/mol. The Morgan fingerprint density at radius 3 is 1.66 bits per heavy atom. The molecule has 4 heterocycles. The first-order valence-electron chi connectivity index (χ1n) is 20.4. The molecule has 6 heteroatoms. The van der Waals surface area contributed by atoms with E-state index in [2.05, 4.69) is 150 Å². The van der Waals surface area contributed by atoms with Crippen LogP contribution in [0.25, 0.3) is 127 Å². The van der Waals surface area contributed by atoms with Crippen LogP contribution in [0.3, 0.4) is 0 Å². The fourth-order valence-electron chi connectivity index (χ4n) is 9.18. The van der Waals surface area contributed by atoms with Crippen molar-refractivity contribution in [1.29, 1.82) is 0 Å². The molecule has 0 spiro atoms. The van der Waals surface area contributed by atoms with E-state index in [1.54, 1.807) is 0 Å². The number of hydrogen-bond donors (Lipinski definition) is 0. The number of fused-ring (bicyclic) bond motifs is 10. The van der Waals surface area contributed by atoms with Crippen LogP contribution in [-0.4, -0.2) is 19.5 Å². The van der Waals surface area contributed by atoms with Gasteiger partial charge in [0.25, 0.3) is 0 Å². The Balaban J connectivity index is 1.13. The third kappa shape index (κ3) is 5.19. The molecule has 0 unspecified atom stereocenters. The summed E-state index contributed by atoms with van der Waals surface area (Å²) in [5.41, 5.74) is 10.8. The summed E-state index contributed by atoms with van der Waals surface area (Å²) in [6.45, 7) is 0. The lowest BCUT2D eigenvalue weighted by Gasteiger charge is -2.15.